The van der Waals surface area contributed by atoms with E-state index in [1.165, 1.54) is 19.3 Å². The summed E-state index contributed by atoms with van der Waals surface area (Å²) in [4.78, 5) is 4.31. The minimum Gasteiger partial charge on any atom is -0.494 e. The summed E-state index contributed by atoms with van der Waals surface area (Å²) in [7, 11) is 3.59. The maximum Gasteiger partial charge on any atom is 0.190 e. The molecule has 0 spiro atoms. The fraction of sp³-hybridized carbons (Fsp3) is 0.632. The Balaban J connectivity index is 0.00000312. The molecule has 1 fully saturated rings. The summed E-state index contributed by atoms with van der Waals surface area (Å²) < 4.78 is 10.9. The van der Waals surface area contributed by atoms with Crippen molar-refractivity contribution < 1.29 is 9.47 Å². The monoisotopic (exact) mass is 461 g/mol. The summed E-state index contributed by atoms with van der Waals surface area (Å²) in [5, 5.41) is 6.83. The van der Waals surface area contributed by atoms with Crippen LogP contribution in [-0.4, -0.2) is 46.4 Å². The van der Waals surface area contributed by atoms with E-state index >= 15 is 0 Å². The zero-order valence-corrected chi connectivity index (χ0v) is 17.8. The molecule has 1 aromatic rings. The van der Waals surface area contributed by atoms with Crippen LogP contribution in [0.25, 0.3) is 0 Å². The van der Waals surface area contributed by atoms with Gasteiger partial charge < -0.3 is 20.1 Å². The molecule has 0 bridgehead atoms. The minimum atomic E-state index is 0. The van der Waals surface area contributed by atoms with Crippen LogP contribution in [-0.2, 0) is 4.74 Å². The zero-order valence-electron chi connectivity index (χ0n) is 15.4. The second-order valence-corrected chi connectivity index (χ2v) is 6.46. The summed E-state index contributed by atoms with van der Waals surface area (Å²) >= 11 is 0. The predicted octanol–water partition coefficient (Wildman–Crippen LogP) is 3.45. The van der Waals surface area contributed by atoms with Crippen LogP contribution < -0.4 is 15.4 Å². The number of hydrogen-bond donors (Lipinski definition) is 2. The highest BCUT2D eigenvalue weighted by Gasteiger charge is 2.36. The second kappa shape index (κ2) is 12.4. The van der Waals surface area contributed by atoms with Gasteiger partial charge in [0.15, 0.2) is 5.96 Å². The van der Waals surface area contributed by atoms with Gasteiger partial charge in [0.2, 0.25) is 0 Å². The lowest BCUT2D eigenvalue weighted by atomic mass is 9.67. The van der Waals surface area contributed by atoms with Gasteiger partial charge >= 0.3 is 0 Å². The molecule has 0 amide bonds. The average Bonchev–Trinajstić information content (AvgIpc) is 2.59. The first kappa shape index (κ1) is 22.0. The summed E-state index contributed by atoms with van der Waals surface area (Å²) in [5.41, 5.74) is 0.393. The Morgan fingerprint density at radius 2 is 1.92 bits per heavy atom. The lowest BCUT2D eigenvalue weighted by molar-refractivity contribution is 0.0732. The van der Waals surface area contributed by atoms with Crippen molar-refractivity contribution in [2.75, 3.05) is 40.5 Å². The summed E-state index contributed by atoms with van der Waals surface area (Å²) in [5.74, 6) is 1.79. The Labute approximate surface area is 169 Å². The van der Waals surface area contributed by atoms with Crippen molar-refractivity contribution in [3.63, 3.8) is 0 Å². The number of ether oxygens (including phenoxy) is 2. The molecule has 1 aromatic carbocycles. The third kappa shape index (κ3) is 7.81. The molecule has 0 atom stereocenters. The largest absolute Gasteiger partial charge is 0.494 e. The van der Waals surface area contributed by atoms with Crippen molar-refractivity contribution in [3.8, 4) is 5.75 Å². The van der Waals surface area contributed by atoms with Crippen LogP contribution in [0.5, 0.6) is 5.75 Å². The molecule has 1 saturated carbocycles. The lowest BCUT2D eigenvalue weighted by Crippen LogP contribution is -2.47. The number of para-hydroxylation sites is 1. The summed E-state index contributed by atoms with van der Waals surface area (Å²) in [6, 6.07) is 9.92. The Bertz CT molecular complexity index is 493. The molecule has 5 nitrogen and oxygen atoms in total. The predicted molar refractivity (Wildman–Crippen MR) is 114 cm³/mol. The number of halogens is 1. The normalized spacial score (nSPS) is 15.7. The van der Waals surface area contributed by atoms with E-state index in [2.05, 4.69) is 15.6 Å². The van der Waals surface area contributed by atoms with Crippen LogP contribution in [0.15, 0.2) is 35.3 Å². The molecule has 0 aliphatic heterocycles. The van der Waals surface area contributed by atoms with Gasteiger partial charge in [0.25, 0.3) is 0 Å². The van der Waals surface area contributed by atoms with Crippen molar-refractivity contribution >= 4 is 29.9 Å². The van der Waals surface area contributed by atoms with Gasteiger partial charge in [-0.2, -0.15) is 0 Å². The molecular formula is C19H32IN3O2. The van der Waals surface area contributed by atoms with Crippen molar-refractivity contribution in [1.29, 1.82) is 0 Å². The van der Waals surface area contributed by atoms with E-state index in [0.717, 1.165) is 44.2 Å². The van der Waals surface area contributed by atoms with Crippen LogP contribution in [0.3, 0.4) is 0 Å². The van der Waals surface area contributed by atoms with E-state index in [9.17, 15) is 0 Å². The van der Waals surface area contributed by atoms with Crippen LogP contribution in [0.4, 0.5) is 0 Å². The van der Waals surface area contributed by atoms with Gasteiger partial charge in [-0.25, -0.2) is 0 Å². The van der Waals surface area contributed by atoms with Crippen LogP contribution in [0, 0.1) is 5.41 Å². The Hall–Kier alpha value is -1.02. The van der Waals surface area contributed by atoms with Crippen molar-refractivity contribution in [2.24, 2.45) is 10.4 Å². The molecular weight excluding hydrogens is 429 g/mol. The Kier molecular flexibility index (Phi) is 10.9. The molecule has 0 unspecified atom stereocenters. The molecule has 142 valence electrons. The van der Waals surface area contributed by atoms with Gasteiger partial charge in [-0.1, -0.05) is 24.6 Å². The molecule has 1 aliphatic rings. The topological polar surface area (TPSA) is 54.9 Å². The van der Waals surface area contributed by atoms with Crippen molar-refractivity contribution in [3.05, 3.63) is 30.3 Å². The van der Waals surface area contributed by atoms with E-state index in [-0.39, 0.29) is 24.0 Å². The first-order valence-electron chi connectivity index (χ1n) is 8.89. The number of hydrogen-bond acceptors (Lipinski definition) is 3. The van der Waals surface area contributed by atoms with E-state index in [1.54, 1.807) is 7.11 Å². The fourth-order valence-corrected chi connectivity index (χ4v) is 2.99. The summed E-state index contributed by atoms with van der Waals surface area (Å²) in [6.07, 6.45) is 5.95. The van der Waals surface area contributed by atoms with Crippen molar-refractivity contribution in [1.82, 2.24) is 10.6 Å². The second-order valence-electron chi connectivity index (χ2n) is 6.46. The number of rotatable bonds is 10. The highest BCUT2D eigenvalue weighted by Crippen LogP contribution is 2.43. The van der Waals surface area contributed by atoms with Gasteiger partial charge in [0.1, 0.15) is 5.75 Å². The zero-order chi connectivity index (χ0) is 17.1. The molecule has 0 saturated heterocycles. The molecule has 0 heterocycles. The molecule has 0 radical (unpaired) electrons. The smallest absolute Gasteiger partial charge is 0.190 e. The number of nitrogens with zero attached hydrogens (tertiary/aromatic N) is 1. The molecule has 6 heteroatoms. The number of nitrogens with one attached hydrogen (secondary N) is 2. The number of aliphatic imine (C=N–C) groups is 1. The van der Waals surface area contributed by atoms with E-state index in [1.807, 2.05) is 37.4 Å². The van der Waals surface area contributed by atoms with E-state index in [4.69, 9.17) is 9.47 Å². The lowest BCUT2D eigenvalue weighted by Gasteiger charge is -2.42. The third-order valence-corrected chi connectivity index (χ3v) is 4.73. The number of benzene rings is 1. The molecule has 2 rings (SSSR count). The Morgan fingerprint density at radius 1 is 1.16 bits per heavy atom. The maximum atomic E-state index is 5.69. The standard InChI is InChI=1S/C19H31N3O2.HI/c1-20-18(22-16-19(10-6-11-19)12-15-23-2)21-13-7-14-24-17-8-4-3-5-9-17;/h3-5,8-9H,6-7,10-16H2,1-2H3,(H2,20,21,22);1H. The quantitative estimate of drug-likeness (QED) is 0.243. The van der Waals surface area contributed by atoms with Gasteiger partial charge in [0, 0.05) is 33.9 Å². The number of guanidine groups is 1. The first-order valence-corrected chi connectivity index (χ1v) is 8.89. The number of methoxy groups -OCH3 is 1. The highest BCUT2D eigenvalue weighted by molar-refractivity contribution is 14.0. The Morgan fingerprint density at radius 3 is 2.52 bits per heavy atom. The maximum absolute atomic E-state index is 5.69. The van der Waals surface area contributed by atoms with E-state index in [0.29, 0.717) is 12.0 Å². The van der Waals surface area contributed by atoms with Gasteiger partial charge in [-0.15, -0.1) is 24.0 Å². The molecule has 1 aliphatic carbocycles. The van der Waals surface area contributed by atoms with E-state index < -0.39 is 0 Å². The van der Waals surface area contributed by atoms with Crippen LogP contribution in [0.2, 0.25) is 0 Å². The van der Waals surface area contributed by atoms with Gasteiger partial charge in [-0.05, 0) is 43.2 Å². The minimum absolute atomic E-state index is 0. The third-order valence-electron chi connectivity index (χ3n) is 4.73. The van der Waals surface area contributed by atoms with Crippen LogP contribution in [0.1, 0.15) is 32.1 Å². The van der Waals surface area contributed by atoms with Crippen LogP contribution >= 0.6 is 24.0 Å². The van der Waals surface area contributed by atoms with Gasteiger partial charge in [-0.3, -0.25) is 4.99 Å². The average molecular weight is 461 g/mol. The SMILES string of the molecule is CN=C(NCCCOc1ccccc1)NCC1(CCOC)CCC1.I. The van der Waals surface area contributed by atoms with Crippen molar-refractivity contribution in [2.45, 2.75) is 32.1 Å². The molecule has 0 aromatic heterocycles. The van der Waals surface area contributed by atoms with Gasteiger partial charge in [0.05, 0.1) is 6.61 Å². The first-order chi connectivity index (χ1) is 11.8. The molecule has 2 N–H and O–H groups in total. The summed E-state index contributed by atoms with van der Waals surface area (Å²) in [6.45, 7) is 3.35. The molecule has 25 heavy (non-hydrogen) atoms. The fourth-order valence-electron chi connectivity index (χ4n) is 2.99. The highest BCUT2D eigenvalue weighted by atomic mass is 127.